The minimum absolute atomic E-state index is 0.0850. The van der Waals surface area contributed by atoms with Crippen molar-refractivity contribution in [2.24, 2.45) is 0 Å². The molecule has 1 heterocycles. The molecule has 1 aliphatic rings. The number of carbonyl (C=O) groups is 1. The Labute approximate surface area is 156 Å². The fourth-order valence-electron chi connectivity index (χ4n) is 3.46. The smallest absolute Gasteiger partial charge is 0.276 e. The Morgan fingerprint density at radius 1 is 1.22 bits per heavy atom. The molecular formula is C21H21F2NO3. The molecule has 0 saturated carbocycles. The largest absolute Gasteiger partial charge is 0.508 e. The van der Waals surface area contributed by atoms with Crippen LogP contribution in [0.2, 0.25) is 0 Å². The van der Waals surface area contributed by atoms with Crippen LogP contribution >= 0.6 is 0 Å². The zero-order valence-corrected chi connectivity index (χ0v) is 14.7. The SMILES string of the molecule is C=CCC(F)(F)c1ccc(C2CCCN2C(=O)c2ccc(O)cc2O)cc1. The minimum atomic E-state index is -2.97. The normalized spacial score (nSPS) is 17.1. The Morgan fingerprint density at radius 2 is 1.93 bits per heavy atom. The molecule has 142 valence electrons. The zero-order chi connectivity index (χ0) is 19.6. The molecule has 1 fully saturated rings. The number of phenols is 2. The van der Waals surface area contributed by atoms with Crippen molar-refractivity contribution in [3.05, 3.63) is 71.8 Å². The summed E-state index contributed by atoms with van der Waals surface area (Å²) in [6.45, 7) is 3.87. The van der Waals surface area contributed by atoms with Crippen molar-refractivity contribution in [1.82, 2.24) is 4.90 Å². The quantitative estimate of drug-likeness (QED) is 0.744. The van der Waals surface area contributed by atoms with Gasteiger partial charge in [0, 0.05) is 24.6 Å². The van der Waals surface area contributed by atoms with E-state index in [4.69, 9.17) is 0 Å². The molecule has 0 aromatic heterocycles. The van der Waals surface area contributed by atoms with Gasteiger partial charge in [0.15, 0.2) is 0 Å². The van der Waals surface area contributed by atoms with E-state index in [1.165, 1.54) is 30.3 Å². The Bertz CT molecular complexity index is 849. The lowest BCUT2D eigenvalue weighted by Crippen LogP contribution is -2.30. The van der Waals surface area contributed by atoms with E-state index in [0.717, 1.165) is 18.1 Å². The average molecular weight is 373 g/mol. The summed E-state index contributed by atoms with van der Waals surface area (Å²) < 4.78 is 28.0. The van der Waals surface area contributed by atoms with Crippen LogP contribution in [0.1, 0.15) is 46.8 Å². The van der Waals surface area contributed by atoms with Crippen LogP contribution in [-0.4, -0.2) is 27.6 Å². The highest BCUT2D eigenvalue weighted by atomic mass is 19.3. The Kier molecular flexibility index (Phi) is 5.17. The number of allylic oxidation sites excluding steroid dienone is 1. The first-order chi connectivity index (χ1) is 12.8. The lowest BCUT2D eigenvalue weighted by molar-refractivity contribution is -0.000902. The van der Waals surface area contributed by atoms with Crippen molar-refractivity contribution in [2.45, 2.75) is 31.2 Å². The lowest BCUT2D eigenvalue weighted by Gasteiger charge is -2.26. The summed E-state index contributed by atoms with van der Waals surface area (Å²) in [5, 5.41) is 19.3. The van der Waals surface area contributed by atoms with Crippen LogP contribution in [0.4, 0.5) is 8.78 Å². The third-order valence-corrected chi connectivity index (χ3v) is 4.84. The van der Waals surface area contributed by atoms with Gasteiger partial charge >= 0.3 is 0 Å². The van der Waals surface area contributed by atoms with Crippen LogP contribution in [0.5, 0.6) is 11.5 Å². The standard InChI is InChI=1S/C21H21F2NO3/c1-2-11-21(22,23)15-7-5-14(6-8-15)18-4-3-12-24(18)20(27)17-10-9-16(25)13-19(17)26/h2,5-10,13,18,25-26H,1,3-4,11-12H2. The molecule has 1 amide bonds. The summed E-state index contributed by atoms with van der Waals surface area (Å²) in [5.41, 5.74) is 0.796. The number of alkyl halides is 2. The van der Waals surface area contributed by atoms with Gasteiger partial charge in [-0.3, -0.25) is 4.79 Å². The van der Waals surface area contributed by atoms with E-state index < -0.39 is 12.3 Å². The maximum atomic E-state index is 14.0. The number of benzene rings is 2. The first kappa shape index (κ1) is 18.9. The summed E-state index contributed by atoms with van der Waals surface area (Å²) in [6, 6.07) is 9.62. The van der Waals surface area contributed by atoms with Gasteiger partial charge in [-0.05, 0) is 30.5 Å². The fourth-order valence-corrected chi connectivity index (χ4v) is 3.46. The molecule has 27 heavy (non-hydrogen) atoms. The van der Waals surface area contributed by atoms with Crippen molar-refractivity contribution >= 4 is 5.91 Å². The number of rotatable bonds is 5. The van der Waals surface area contributed by atoms with Crippen molar-refractivity contribution in [1.29, 1.82) is 0 Å². The minimum Gasteiger partial charge on any atom is -0.508 e. The van der Waals surface area contributed by atoms with E-state index in [1.54, 1.807) is 17.0 Å². The van der Waals surface area contributed by atoms with Crippen molar-refractivity contribution in [2.75, 3.05) is 6.54 Å². The molecule has 4 nitrogen and oxygen atoms in total. The highest BCUT2D eigenvalue weighted by Gasteiger charge is 2.33. The molecule has 3 rings (SSSR count). The highest BCUT2D eigenvalue weighted by molar-refractivity contribution is 5.97. The van der Waals surface area contributed by atoms with Gasteiger partial charge in [-0.1, -0.05) is 30.3 Å². The third kappa shape index (κ3) is 3.79. The van der Waals surface area contributed by atoms with E-state index in [9.17, 15) is 23.8 Å². The number of nitrogens with zero attached hydrogens (tertiary/aromatic N) is 1. The number of halogens is 2. The molecule has 2 N–H and O–H groups in total. The number of carbonyl (C=O) groups excluding carboxylic acids is 1. The van der Waals surface area contributed by atoms with E-state index in [0.29, 0.717) is 13.0 Å². The number of hydrogen-bond donors (Lipinski definition) is 2. The van der Waals surface area contributed by atoms with E-state index in [-0.39, 0.29) is 34.6 Å². The molecular weight excluding hydrogens is 352 g/mol. The predicted octanol–water partition coefficient (Wildman–Crippen LogP) is 4.74. The molecule has 0 spiro atoms. The number of phenolic OH excluding ortho intramolecular Hbond substituents is 2. The first-order valence-corrected chi connectivity index (χ1v) is 8.75. The second kappa shape index (κ2) is 7.39. The molecule has 6 heteroatoms. The van der Waals surface area contributed by atoms with E-state index >= 15 is 0 Å². The maximum Gasteiger partial charge on any atom is 0.276 e. The molecule has 0 bridgehead atoms. The number of aromatic hydroxyl groups is 2. The van der Waals surface area contributed by atoms with Gasteiger partial charge in [0.1, 0.15) is 11.5 Å². The third-order valence-electron chi connectivity index (χ3n) is 4.84. The van der Waals surface area contributed by atoms with Gasteiger partial charge < -0.3 is 15.1 Å². The van der Waals surface area contributed by atoms with Gasteiger partial charge in [0.25, 0.3) is 11.8 Å². The monoisotopic (exact) mass is 373 g/mol. The topological polar surface area (TPSA) is 60.8 Å². The molecule has 1 unspecified atom stereocenters. The van der Waals surface area contributed by atoms with Crippen LogP contribution in [-0.2, 0) is 5.92 Å². The number of amides is 1. The van der Waals surface area contributed by atoms with Gasteiger partial charge in [-0.2, -0.15) is 0 Å². The summed E-state index contributed by atoms with van der Waals surface area (Å²) >= 11 is 0. The molecule has 1 aliphatic heterocycles. The van der Waals surface area contributed by atoms with Crippen LogP contribution in [0.15, 0.2) is 55.1 Å². The molecule has 1 atom stereocenters. The Hall–Kier alpha value is -2.89. The van der Waals surface area contributed by atoms with Crippen molar-refractivity contribution in [3.63, 3.8) is 0 Å². The average Bonchev–Trinajstić information content (AvgIpc) is 3.11. The van der Waals surface area contributed by atoms with Crippen molar-refractivity contribution in [3.8, 4) is 11.5 Å². The first-order valence-electron chi connectivity index (χ1n) is 8.75. The van der Waals surface area contributed by atoms with Gasteiger partial charge in [0.2, 0.25) is 0 Å². The van der Waals surface area contributed by atoms with Gasteiger partial charge in [0.05, 0.1) is 11.6 Å². The number of hydrogen-bond acceptors (Lipinski definition) is 3. The molecule has 2 aromatic rings. The summed E-state index contributed by atoms with van der Waals surface area (Å²) in [4.78, 5) is 14.5. The molecule has 0 aliphatic carbocycles. The maximum absolute atomic E-state index is 14.0. The second-order valence-corrected chi connectivity index (χ2v) is 6.68. The molecule has 2 aromatic carbocycles. The fraction of sp³-hybridized carbons (Fsp3) is 0.286. The zero-order valence-electron chi connectivity index (χ0n) is 14.7. The lowest BCUT2D eigenvalue weighted by atomic mass is 9.99. The van der Waals surface area contributed by atoms with Crippen LogP contribution in [0, 0.1) is 0 Å². The van der Waals surface area contributed by atoms with Crippen LogP contribution in [0.3, 0.4) is 0 Å². The van der Waals surface area contributed by atoms with Gasteiger partial charge in [-0.15, -0.1) is 6.58 Å². The summed E-state index contributed by atoms with van der Waals surface area (Å²) in [5.74, 6) is -3.73. The van der Waals surface area contributed by atoms with E-state index in [2.05, 4.69) is 6.58 Å². The van der Waals surface area contributed by atoms with E-state index in [1.807, 2.05) is 0 Å². The number of likely N-dealkylation sites (tertiary alicyclic amines) is 1. The van der Waals surface area contributed by atoms with Crippen molar-refractivity contribution < 1.29 is 23.8 Å². The predicted molar refractivity (Wildman–Crippen MR) is 97.9 cm³/mol. The molecule has 0 radical (unpaired) electrons. The molecule has 1 saturated heterocycles. The second-order valence-electron chi connectivity index (χ2n) is 6.68. The summed E-state index contributed by atoms with van der Waals surface area (Å²) in [7, 11) is 0. The summed E-state index contributed by atoms with van der Waals surface area (Å²) in [6.07, 6.45) is 2.26. The Balaban J connectivity index is 1.84. The highest BCUT2D eigenvalue weighted by Crippen LogP contribution is 2.37. The van der Waals surface area contributed by atoms with Gasteiger partial charge in [-0.25, -0.2) is 8.78 Å². The van der Waals surface area contributed by atoms with Crippen LogP contribution < -0.4 is 0 Å². The Morgan fingerprint density at radius 3 is 2.56 bits per heavy atom. The van der Waals surface area contributed by atoms with Crippen LogP contribution in [0.25, 0.3) is 0 Å².